The van der Waals surface area contributed by atoms with E-state index >= 15 is 0 Å². The molecule has 1 heterocycles. The van der Waals surface area contributed by atoms with E-state index in [-0.39, 0.29) is 12.6 Å². The summed E-state index contributed by atoms with van der Waals surface area (Å²) in [5.41, 5.74) is 0.734. The molecule has 1 aliphatic rings. The Morgan fingerprint density at radius 1 is 0.947 bits per heavy atom. The molecule has 1 aliphatic heterocycles. The molecule has 4 rings (SSSR count). The largest absolute Gasteiger partial charge is 0.493 e. The van der Waals surface area contributed by atoms with Crippen molar-refractivity contribution in [2.24, 2.45) is 0 Å². The fraction of sp³-hybridized carbons (Fsp3) is 0.286. The van der Waals surface area contributed by atoms with Crippen LogP contribution in [0.4, 0.5) is 21.0 Å². The molecule has 3 aromatic rings. The van der Waals surface area contributed by atoms with Crippen molar-refractivity contribution in [3.05, 3.63) is 78.4 Å². The first kappa shape index (κ1) is 26.6. The highest BCUT2D eigenvalue weighted by molar-refractivity contribution is 5.98. The topological polar surface area (TPSA) is 104 Å². The van der Waals surface area contributed by atoms with Crippen molar-refractivity contribution >= 4 is 23.4 Å². The lowest BCUT2D eigenvalue weighted by Crippen LogP contribution is -2.58. The first-order valence-electron chi connectivity index (χ1n) is 12.0. The number of carbonyl (C=O) groups is 2. The maximum Gasteiger partial charge on any atom is 0.347 e. The van der Waals surface area contributed by atoms with E-state index in [4.69, 9.17) is 14.2 Å². The van der Waals surface area contributed by atoms with E-state index in [0.29, 0.717) is 39.2 Å². The highest BCUT2D eigenvalue weighted by atomic mass is 16.5. The highest BCUT2D eigenvalue weighted by Crippen LogP contribution is 2.42. The van der Waals surface area contributed by atoms with E-state index in [2.05, 4.69) is 5.32 Å². The summed E-state index contributed by atoms with van der Waals surface area (Å²) in [6.07, 6.45) is -1.05. The van der Waals surface area contributed by atoms with Crippen LogP contribution in [-0.2, 0) is 6.54 Å². The van der Waals surface area contributed by atoms with Crippen molar-refractivity contribution in [2.75, 3.05) is 31.5 Å². The number of urea groups is 2. The number of nitrogens with zero attached hydrogens (tertiary/aromatic N) is 3. The Hall–Kier alpha value is -4.44. The fourth-order valence-corrected chi connectivity index (χ4v) is 4.68. The third kappa shape index (κ3) is 4.90. The van der Waals surface area contributed by atoms with Gasteiger partial charge < -0.3 is 24.4 Å². The molecule has 1 saturated heterocycles. The molecule has 1 unspecified atom stereocenters. The van der Waals surface area contributed by atoms with E-state index in [1.54, 1.807) is 79.4 Å². The molecule has 38 heavy (non-hydrogen) atoms. The van der Waals surface area contributed by atoms with Gasteiger partial charge in [0.2, 0.25) is 5.75 Å². The van der Waals surface area contributed by atoms with Crippen LogP contribution in [0, 0.1) is 0 Å². The zero-order valence-corrected chi connectivity index (χ0v) is 22.0. The van der Waals surface area contributed by atoms with Crippen LogP contribution in [0.3, 0.4) is 0 Å². The molecule has 0 saturated carbocycles. The van der Waals surface area contributed by atoms with E-state index in [1.807, 2.05) is 12.1 Å². The molecule has 2 N–H and O–H groups in total. The lowest BCUT2D eigenvalue weighted by molar-refractivity contribution is -0.0954. The maximum absolute atomic E-state index is 13.9. The molecule has 1 fully saturated rings. The number of carbonyl (C=O) groups excluding carboxylic acids is 2. The summed E-state index contributed by atoms with van der Waals surface area (Å²) in [6, 6.07) is 20.1. The summed E-state index contributed by atoms with van der Waals surface area (Å²) in [7, 11) is 4.56. The van der Waals surface area contributed by atoms with Crippen molar-refractivity contribution < 1.29 is 29.0 Å². The molecule has 0 spiro atoms. The number of nitrogens with one attached hydrogen (secondary N) is 1. The summed E-state index contributed by atoms with van der Waals surface area (Å²) in [6.45, 7) is 3.75. The number of hydroxylamine groups is 2. The lowest BCUT2D eigenvalue weighted by atomic mass is 9.99. The summed E-state index contributed by atoms with van der Waals surface area (Å²) >= 11 is 0. The minimum absolute atomic E-state index is 0.149. The molecule has 1 atom stereocenters. The predicted molar refractivity (Wildman–Crippen MR) is 143 cm³/mol. The van der Waals surface area contributed by atoms with Crippen LogP contribution in [0.1, 0.15) is 19.4 Å². The van der Waals surface area contributed by atoms with Gasteiger partial charge in [-0.05, 0) is 55.8 Å². The van der Waals surface area contributed by atoms with Crippen molar-refractivity contribution in [3.8, 4) is 17.2 Å². The second kappa shape index (κ2) is 10.9. The third-order valence-electron chi connectivity index (χ3n) is 6.57. The molecule has 4 amide bonds. The predicted octanol–water partition coefficient (Wildman–Crippen LogP) is 5.18. The SMILES string of the molecule is COc1cc(CN2C(=O)N(c3ccccc3)C(N(O)C(=O)Nc3ccccc3)C2(C)C)cc(OC)c1OC. The Bertz CT molecular complexity index is 1260. The van der Waals surface area contributed by atoms with Gasteiger partial charge in [0.25, 0.3) is 0 Å². The number of amides is 4. The maximum atomic E-state index is 13.9. The molecule has 10 nitrogen and oxygen atoms in total. The van der Waals surface area contributed by atoms with Crippen molar-refractivity contribution in [3.63, 3.8) is 0 Å². The summed E-state index contributed by atoms with van der Waals surface area (Å²) in [5, 5.41) is 14.5. The van der Waals surface area contributed by atoms with Crippen LogP contribution >= 0.6 is 0 Å². The van der Waals surface area contributed by atoms with Crippen LogP contribution in [0.25, 0.3) is 0 Å². The van der Waals surface area contributed by atoms with E-state index in [1.165, 1.54) is 26.2 Å². The number of ether oxygens (including phenoxy) is 3. The van der Waals surface area contributed by atoms with Gasteiger partial charge in [0.05, 0.1) is 26.9 Å². The number of benzene rings is 3. The minimum atomic E-state index is -1.05. The van der Waals surface area contributed by atoms with Gasteiger partial charge in [0, 0.05) is 17.9 Å². The molecule has 0 aromatic heterocycles. The Morgan fingerprint density at radius 2 is 1.50 bits per heavy atom. The average Bonchev–Trinajstić information content (AvgIpc) is 3.13. The van der Waals surface area contributed by atoms with Crippen LogP contribution in [0.5, 0.6) is 17.2 Å². The van der Waals surface area contributed by atoms with E-state index in [9.17, 15) is 14.8 Å². The minimum Gasteiger partial charge on any atom is -0.493 e. The van der Waals surface area contributed by atoms with Crippen molar-refractivity contribution in [2.45, 2.75) is 32.1 Å². The van der Waals surface area contributed by atoms with Gasteiger partial charge in [-0.25, -0.2) is 9.59 Å². The zero-order chi connectivity index (χ0) is 27.4. The van der Waals surface area contributed by atoms with Crippen LogP contribution < -0.4 is 24.4 Å². The van der Waals surface area contributed by atoms with Crippen molar-refractivity contribution in [1.29, 1.82) is 0 Å². The van der Waals surface area contributed by atoms with Gasteiger partial charge in [0.15, 0.2) is 17.7 Å². The summed E-state index contributed by atoms with van der Waals surface area (Å²) in [5.74, 6) is 1.34. The molecule has 0 radical (unpaired) electrons. The Morgan fingerprint density at radius 3 is 2.03 bits per heavy atom. The zero-order valence-electron chi connectivity index (χ0n) is 22.0. The summed E-state index contributed by atoms with van der Waals surface area (Å²) < 4.78 is 16.4. The first-order chi connectivity index (χ1) is 18.2. The Labute approximate surface area is 221 Å². The van der Waals surface area contributed by atoms with Gasteiger partial charge in [0.1, 0.15) is 0 Å². The molecule has 200 valence electrons. The van der Waals surface area contributed by atoms with Gasteiger partial charge in [-0.1, -0.05) is 36.4 Å². The van der Waals surface area contributed by atoms with Crippen LogP contribution in [-0.4, -0.2) is 60.3 Å². The summed E-state index contributed by atoms with van der Waals surface area (Å²) in [4.78, 5) is 30.1. The quantitative estimate of drug-likeness (QED) is 0.313. The average molecular weight is 521 g/mol. The van der Waals surface area contributed by atoms with Gasteiger partial charge in [-0.3, -0.25) is 10.1 Å². The van der Waals surface area contributed by atoms with Gasteiger partial charge in [-0.2, -0.15) is 5.06 Å². The molecule has 0 bridgehead atoms. The second-order valence-corrected chi connectivity index (χ2v) is 9.28. The molecular formula is C28H32N4O6. The Kier molecular flexibility index (Phi) is 7.63. The number of hydrogen-bond donors (Lipinski definition) is 2. The van der Waals surface area contributed by atoms with Crippen LogP contribution in [0.15, 0.2) is 72.8 Å². The van der Waals surface area contributed by atoms with E-state index < -0.39 is 17.7 Å². The molecule has 3 aromatic carbocycles. The first-order valence-corrected chi connectivity index (χ1v) is 12.0. The number of anilines is 2. The number of hydrogen-bond acceptors (Lipinski definition) is 6. The van der Waals surface area contributed by atoms with Gasteiger partial charge >= 0.3 is 12.1 Å². The van der Waals surface area contributed by atoms with Crippen LogP contribution in [0.2, 0.25) is 0 Å². The Balaban J connectivity index is 1.72. The number of rotatable bonds is 8. The van der Waals surface area contributed by atoms with Crippen molar-refractivity contribution in [1.82, 2.24) is 9.96 Å². The fourth-order valence-electron chi connectivity index (χ4n) is 4.68. The smallest absolute Gasteiger partial charge is 0.347 e. The highest BCUT2D eigenvalue weighted by Gasteiger charge is 2.56. The number of methoxy groups -OCH3 is 3. The normalized spacial score (nSPS) is 16.3. The number of para-hydroxylation sites is 2. The molecular weight excluding hydrogens is 488 g/mol. The lowest BCUT2D eigenvalue weighted by Gasteiger charge is -2.38. The standard InChI is InChI=1S/C28H32N4O6/c1-28(2)25(32(35)26(33)29-20-12-8-6-9-13-20)31(21-14-10-7-11-15-21)27(34)30(28)18-19-16-22(36-3)24(38-5)23(17-19)37-4/h6-17,25,35H,18H2,1-5H3,(H,29,33). The third-order valence-corrected chi connectivity index (χ3v) is 6.57. The molecule has 10 heteroatoms. The van der Waals surface area contributed by atoms with E-state index in [0.717, 1.165) is 0 Å². The second-order valence-electron chi connectivity index (χ2n) is 9.28. The van der Waals surface area contributed by atoms with Gasteiger partial charge in [-0.15, -0.1) is 0 Å². The monoisotopic (exact) mass is 520 g/mol. The molecule has 0 aliphatic carbocycles.